The Morgan fingerprint density at radius 2 is 2.37 bits per heavy atom. The van der Waals surface area contributed by atoms with Gasteiger partial charge in [0.2, 0.25) is 5.89 Å². The maximum absolute atomic E-state index is 13.1. The molecule has 1 fully saturated rings. The van der Waals surface area contributed by atoms with E-state index in [0.29, 0.717) is 24.1 Å². The summed E-state index contributed by atoms with van der Waals surface area (Å²) in [6.07, 6.45) is 2.71. The number of benzene rings is 1. The van der Waals surface area contributed by atoms with Gasteiger partial charge in [-0.15, -0.1) is 0 Å². The van der Waals surface area contributed by atoms with Crippen LogP contribution in [0.3, 0.4) is 0 Å². The van der Waals surface area contributed by atoms with E-state index in [0.717, 1.165) is 31.5 Å². The zero-order chi connectivity index (χ0) is 13.1. The Labute approximate surface area is 111 Å². The van der Waals surface area contributed by atoms with Crippen molar-refractivity contribution in [3.8, 4) is 0 Å². The summed E-state index contributed by atoms with van der Waals surface area (Å²) >= 11 is 0. The van der Waals surface area contributed by atoms with Crippen LogP contribution in [0, 0.1) is 5.82 Å². The molecule has 100 valence electrons. The third kappa shape index (κ3) is 2.98. The first kappa shape index (κ1) is 12.3. The van der Waals surface area contributed by atoms with Gasteiger partial charge in [0, 0.05) is 13.0 Å². The lowest BCUT2D eigenvalue weighted by molar-refractivity contribution is 0.320. The number of hydrogen-bond donors (Lipinski definition) is 1. The van der Waals surface area contributed by atoms with Crippen molar-refractivity contribution in [1.29, 1.82) is 0 Å². The first-order valence-electron chi connectivity index (χ1n) is 6.59. The van der Waals surface area contributed by atoms with Crippen LogP contribution in [0.5, 0.6) is 0 Å². The molecule has 1 saturated heterocycles. The lowest BCUT2D eigenvalue weighted by Gasteiger charge is -2.18. The molecule has 0 radical (unpaired) electrons. The molecular weight excluding hydrogens is 245 g/mol. The molecule has 5 heteroatoms. The molecule has 0 bridgehead atoms. The van der Waals surface area contributed by atoms with Gasteiger partial charge in [-0.25, -0.2) is 4.39 Å². The molecule has 2 heterocycles. The lowest BCUT2D eigenvalue weighted by Crippen LogP contribution is -2.28. The normalized spacial score (nSPS) is 19.5. The molecule has 19 heavy (non-hydrogen) atoms. The largest absolute Gasteiger partial charge is 0.339 e. The van der Waals surface area contributed by atoms with Crippen molar-refractivity contribution in [2.24, 2.45) is 0 Å². The molecule has 1 aromatic carbocycles. The van der Waals surface area contributed by atoms with Crippen LogP contribution in [0.4, 0.5) is 4.39 Å². The fraction of sp³-hybridized carbons (Fsp3) is 0.429. The highest BCUT2D eigenvalue weighted by atomic mass is 19.1. The monoisotopic (exact) mass is 261 g/mol. The Kier molecular flexibility index (Phi) is 3.55. The molecule has 0 amide bonds. The van der Waals surface area contributed by atoms with E-state index in [2.05, 4.69) is 15.5 Å². The average Bonchev–Trinajstić information content (AvgIpc) is 2.88. The van der Waals surface area contributed by atoms with E-state index >= 15 is 0 Å². The van der Waals surface area contributed by atoms with E-state index in [-0.39, 0.29) is 5.82 Å². The van der Waals surface area contributed by atoms with Crippen LogP contribution in [-0.2, 0) is 6.42 Å². The summed E-state index contributed by atoms with van der Waals surface area (Å²) < 4.78 is 18.4. The predicted molar refractivity (Wildman–Crippen MR) is 68.3 cm³/mol. The first-order chi connectivity index (χ1) is 9.31. The Morgan fingerprint density at radius 1 is 1.42 bits per heavy atom. The van der Waals surface area contributed by atoms with Crippen LogP contribution >= 0.6 is 0 Å². The van der Waals surface area contributed by atoms with Crippen LogP contribution in [0.15, 0.2) is 28.8 Å². The van der Waals surface area contributed by atoms with Gasteiger partial charge in [0.15, 0.2) is 5.82 Å². The quantitative estimate of drug-likeness (QED) is 0.920. The third-order valence-corrected chi connectivity index (χ3v) is 3.38. The highest BCUT2D eigenvalue weighted by molar-refractivity contribution is 5.19. The number of rotatable bonds is 3. The number of aromatic nitrogens is 2. The maximum atomic E-state index is 13.1. The molecule has 2 aromatic rings. The lowest BCUT2D eigenvalue weighted by atomic mass is 10.00. The first-order valence-corrected chi connectivity index (χ1v) is 6.59. The summed E-state index contributed by atoms with van der Waals surface area (Å²) in [6, 6.07) is 6.48. The minimum atomic E-state index is -0.238. The second-order valence-electron chi connectivity index (χ2n) is 4.90. The molecule has 1 aliphatic heterocycles. The molecule has 3 rings (SSSR count). The van der Waals surface area contributed by atoms with Gasteiger partial charge in [0.25, 0.3) is 0 Å². The summed E-state index contributed by atoms with van der Waals surface area (Å²) in [5.74, 6) is 1.38. The number of nitrogens with zero attached hydrogens (tertiary/aromatic N) is 2. The Balaban J connectivity index is 1.70. The average molecular weight is 261 g/mol. The van der Waals surface area contributed by atoms with Crippen molar-refractivity contribution >= 4 is 0 Å². The van der Waals surface area contributed by atoms with Crippen LogP contribution in [0.1, 0.15) is 36.0 Å². The van der Waals surface area contributed by atoms with Crippen LogP contribution in [0.2, 0.25) is 0 Å². The fourth-order valence-corrected chi connectivity index (χ4v) is 2.40. The third-order valence-electron chi connectivity index (χ3n) is 3.38. The predicted octanol–water partition coefficient (Wildman–Crippen LogP) is 2.27. The van der Waals surface area contributed by atoms with Gasteiger partial charge in [-0.05, 0) is 37.1 Å². The molecule has 1 aromatic heterocycles. The highest BCUT2D eigenvalue weighted by Gasteiger charge is 2.21. The molecule has 1 atom stereocenters. The summed E-state index contributed by atoms with van der Waals surface area (Å²) in [5.41, 5.74) is 0.856. The summed E-state index contributed by atoms with van der Waals surface area (Å²) in [4.78, 5) is 4.42. The minimum Gasteiger partial charge on any atom is -0.339 e. The molecule has 0 saturated carbocycles. The number of piperidine rings is 1. The Bertz CT molecular complexity index is 549. The summed E-state index contributed by atoms with van der Waals surface area (Å²) in [5, 5.41) is 7.30. The van der Waals surface area contributed by atoms with Gasteiger partial charge in [0.1, 0.15) is 5.82 Å². The van der Waals surface area contributed by atoms with Crippen LogP contribution in [0.25, 0.3) is 0 Å². The maximum Gasteiger partial charge on any atom is 0.231 e. The van der Waals surface area contributed by atoms with Crippen LogP contribution < -0.4 is 5.32 Å². The van der Waals surface area contributed by atoms with E-state index < -0.39 is 0 Å². The molecule has 0 aliphatic carbocycles. The van der Waals surface area contributed by atoms with Crippen molar-refractivity contribution in [3.63, 3.8) is 0 Å². The fourth-order valence-electron chi connectivity index (χ4n) is 2.40. The SMILES string of the molecule is Fc1cccc(Cc2noc([C@H]3CCCNC3)n2)c1. The van der Waals surface area contributed by atoms with E-state index in [1.165, 1.54) is 12.1 Å². The number of halogens is 1. The molecule has 4 nitrogen and oxygen atoms in total. The van der Waals surface area contributed by atoms with E-state index in [9.17, 15) is 4.39 Å². The van der Waals surface area contributed by atoms with Crippen LogP contribution in [-0.4, -0.2) is 23.2 Å². The van der Waals surface area contributed by atoms with Gasteiger partial charge in [-0.3, -0.25) is 0 Å². The second-order valence-corrected chi connectivity index (χ2v) is 4.90. The molecule has 0 unspecified atom stereocenters. The molecular formula is C14H16FN3O. The van der Waals surface area contributed by atoms with Crippen molar-refractivity contribution < 1.29 is 8.91 Å². The smallest absolute Gasteiger partial charge is 0.231 e. The van der Waals surface area contributed by atoms with Crippen molar-refractivity contribution in [3.05, 3.63) is 47.4 Å². The van der Waals surface area contributed by atoms with Gasteiger partial charge in [-0.2, -0.15) is 4.98 Å². The molecule has 1 N–H and O–H groups in total. The molecule has 0 spiro atoms. The van der Waals surface area contributed by atoms with Gasteiger partial charge in [0.05, 0.1) is 5.92 Å². The Morgan fingerprint density at radius 3 is 3.16 bits per heavy atom. The highest BCUT2D eigenvalue weighted by Crippen LogP contribution is 2.21. The van der Waals surface area contributed by atoms with E-state index in [4.69, 9.17) is 4.52 Å². The Hall–Kier alpha value is -1.75. The van der Waals surface area contributed by atoms with Gasteiger partial charge in [-0.1, -0.05) is 17.3 Å². The zero-order valence-electron chi connectivity index (χ0n) is 10.6. The van der Waals surface area contributed by atoms with Gasteiger partial charge < -0.3 is 9.84 Å². The summed E-state index contributed by atoms with van der Waals surface area (Å²) in [7, 11) is 0. The minimum absolute atomic E-state index is 0.238. The molecule has 1 aliphatic rings. The zero-order valence-corrected chi connectivity index (χ0v) is 10.6. The second kappa shape index (κ2) is 5.48. The van der Waals surface area contributed by atoms with E-state index in [1.807, 2.05) is 6.07 Å². The summed E-state index contributed by atoms with van der Waals surface area (Å²) in [6.45, 7) is 1.95. The number of nitrogens with one attached hydrogen (secondary N) is 1. The van der Waals surface area contributed by atoms with Crippen molar-refractivity contribution in [1.82, 2.24) is 15.5 Å². The standard InChI is InChI=1S/C14H16FN3O/c15-12-5-1-3-10(7-12)8-13-17-14(19-18-13)11-4-2-6-16-9-11/h1,3,5,7,11,16H,2,4,6,8-9H2/t11-/m0/s1. The van der Waals surface area contributed by atoms with Crippen molar-refractivity contribution in [2.45, 2.75) is 25.2 Å². The topological polar surface area (TPSA) is 51.0 Å². The number of hydrogen-bond acceptors (Lipinski definition) is 4. The van der Waals surface area contributed by atoms with Gasteiger partial charge >= 0.3 is 0 Å². The van der Waals surface area contributed by atoms with Crippen molar-refractivity contribution in [2.75, 3.05) is 13.1 Å². The van der Waals surface area contributed by atoms with E-state index in [1.54, 1.807) is 6.07 Å².